The number of hydrogen-bond donors (Lipinski definition) is 1. The lowest BCUT2D eigenvalue weighted by Gasteiger charge is -2.15. The van der Waals surface area contributed by atoms with Gasteiger partial charge in [-0.05, 0) is 12.8 Å². The molecule has 1 aromatic heterocycles. The van der Waals surface area contributed by atoms with Gasteiger partial charge in [-0.1, -0.05) is 25.7 Å². The van der Waals surface area contributed by atoms with Crippen molar-refractivity contribution in [1.82, 2.24) is 19.7 Å². The molecule has 1 aliphatic carbocycles. The van der Waals surface area contributed by atoms with E-state index in [0.717, 1.165) is 12.8 Å². The zero-order valence-corrected chi connectivity index (χ0v) is 10.8. The largest absolute Gasteiger partial charge is 0.352 e. The third-order valence-electron chi connectivity index (χ3n) is 3.40. The van der Waals surface area contributed by atoms with Gasteiger partial charge in [0.25, 0.3) is 0 Å². The Balaban J connectivity index is 1.88. The molecule has 0 aliphatic heterocycles. The summed E-state index contributed by atoms with van der Waals surface area (Å²) in [5.74, 6) is -0.123. The molecule has 0 bridgehead atoms. The van der Waals surface area contributed by atoms with Gasteiger partial charge in [-0.3, -0.25) is 9.36 Å². The number of aryl methyl sites for hydroxylation is 1. The van der Waals surface area contributed by atoms with Crippen LogP contribution in [-0.2, 0) is 18.4 Å². The first-order valence-corrected chi connectivity index (χ1v) is 6.54. The van der Waals surface area contributed by atoms with Gasteiger partial charge in [0.1, 0.15) is 12.9 Å². The van der Waals surface area contributed by atoms with E-state index in [9.17, 15) is 9.59 Å². The Kier molecular flexibility index (Phi) is 4.17. The molecule has 0 spiro atoms. The lowest BCUT2D eigenvalue weighted by Crippen LogP contribution is -2.39. The number of rotatable bonds is 3. The molecule has 18 heavy (non-hydrogen) atoms. The summed E-state index contributed by atoms with van der Waals surface area (Å²) < 4.78 is 2.55. The second-order valence-electron chi connectivity index (χ2n) is 4.94. The van der Waals surface area contributed by atoms with E-state index in [4.69, 9.17) is 0 Å². The van der Waals surface area contributed by atoms with Gasteiger partial charge in [-0.15, -0.1) is 0 Å². The Morgan fingerprint density at radius 1 is 1.39 bits per heavy atom. The van der Waals surface area contributed by atoms with Gasteiger partial charge in [-0.25, -0.2) is 9.48 Å². The van der Waals surface area contributed by atoms with Crippen molar-refractivity contribution in [3.63, 3.8) is 0 Å². The first-order valence-electron chi connectivity index (χ1n) is 6.54. The second-order valence-corrected chi connectivity index (χ2v) is 4.94. The molecule has 1 aliphatic rings. The van der Waals surface area contributed by atoms with Crippen LogP contribution in [0, 0.1) is 0 Å². The van der Waals surface area contributed by atoms with E-state index in [1.54, 1.807) is 7.05 Å². The van der Waals surface area contributed by atoms with Gasteiger partial charge in [0, 0.05) is 13.1 Å². The molecule has 1 aromatic rings. The van der Waals surface area contributed by atoms with Gasteiger partial charge >= 0.3 is 5.69 Å². The van der Waals surface area contributed by atoms with Crippen LogP contribution in [0.25, 0.3) is 0 Å². The summed E-state index contributed by atoms with van der Waals surface area (Å²) in [6.07, 6.45) is 8.37. The van der Waals surface area contributed by atoms with Gasteiger partial charge in [-0.2, -0.15) is 5.10 Å². The fourth-order valence-corrected chi connectivity index (χ4v) is 2.36. The average molecular weight is 252 g/mol. The standard InChI is InChI=1S/C12H20N4O2/c1-15-9-13-16(12(15)18)8-11(17)14-10-6-4-2-3-5-7-10/h9-10H,2-8H2,1H3,(H,14,17). The van der Waals surface area contributed by atoms with E-state index in [-0.39, 0.29) is 24.2 Å². The molecule has 100 valence electrons. The summed E-state index contributed by atoms with van der Waals surface area (Å²) in [4.78, 5) is 23.4. The quantitative estimate of drug-likeness (QED) is 0.793. The smallest absolute Gasteiger partial charge is 0.345 e. The first-order chi connectivity index (χ1) is 8.66. The van der Waals surface area contributed by atoms with E-state index in [0.29, 0.717) is 0 Å². The Hall–Kier alpha value is -1.59. The fraction of sp³-hybridized carbons (Fsp3) is 0.750. The third-order valence-corrected chi connectivity index (χ3v) is 3.40. The summed E-state index contributed by atoms with van der Waals surface area (Å²) in [6.45, 7) is 0.0101. The lowest BCUT2D eigenvalue weighted by atomic mass is 10.1. The summed E-state index contributed by atoms with van der Waals surface area (Å²) in [6, 6.07) is 0.263. The van der Waals surface area contributed by atoms with Crippen molar-refractivity contribution < 1.29 is 4.79 Å². The number of hydrogen-bond acceptors (Lipinski definition) is 3. The Bertz CT molecular complexity index is 455. The van der Waals surface area contributed by atoms with Crippen LogP contribution in [0.1, 0.15) is 38.5 Å². The van der Waals surface area contributed by atoms with E-state index >= 15 is 0 Å². The van der Waals surface area contributed by atoms with Crippen LogP contribution in [-0.4, -0.2) is 26.3 Å². The van der Waals surface area contributed by atoms with E-state index < -0.39 is 0 Å². The maximum Gasteiger partial charge on any atom is 0.345 e. The molecule has 0 saturated heterocycles. The molecule has 0 radical (unpaired) electrons. The minimum Gasteiger partial charge on any atom is -0.352 e. The number of nitrogens with one attached hydrogen (secondary N) is 1. The van der Waals surface area contributed by atoms with Gasteiger partial charge in [0.05, 0.1) is 0 Å². The number of aromatic nitrogens is 3. The molecule has 1 fully saturated rings. The Morgan fingerprint density at radius 2 is 2.06 bits per heavy atom. The first kappa shape index (κ1) is 12.9. The third kappa shape index (κ3) is 3.21. The van der Waals surface area contributed by atoms with Crippen LogP contribution in [0.4, 0.5) is 0 Å². The monoisotopic (exact) mass is 252 g/mol. The highest BCUT2D eigenvalue weighted by Gasteiger charge is 2.15. The van der Waals surface area contributed by atoms with Crippen molar-refractivity contribution in [2.75, 3.05) is 0 Å². The SMILES string of the molecule is Cn1cnn(CC(=O)NC2CCCCCC2)c1=O. The molecular weight excluding hydrogens is 232 g/mol. The van der Waals surface area contributed by atoms with Crippen LogP contribution in [0.5, 0.6) is 0 Å². The molecule has 6 heteroatoms. The molecule has 2 rings (SSSR count). The molecule has 1 N–H and O–H groups in total. The van der Waals surface area contributed by atoms with Crippen LogP contribution in [0.15, 0.2) is 11.1 Å². The molecule has 1 saturated carbocycles. The van der Waals surface area contributed by atoms with Crippen LogP contribution in [0.2, 0.25) is 0 Å². The molecule has 0 unspecified atom stereocenters. The fourth-order valence-electron chi connectivity index (χ4n) is 2.36. The Labute approximate surface area is 106 Å². The van der Waals surface area contributed by atoms with E-state index in [2.05, 4.69) is 10.4 Å². The van der Waals surface area contributed by atoms with Crippen LogP contribution in [0.3, 0.4) is 0 Å². The van der Waals surface area contributed by atoms with Crippen LogP contribution < -0.4 is 11.0 Å². The van der Waals surface area contributed by atoms with Crippen molar-refractivity contribution in [1.29, 1.82) is 0 Å². The molecular formula is C12H20N4O2. The van der Waals surface area contributed by atoms with E-state index in [1.807, 2.05) is 0 Å². The predicted molar refractivity (Wildman–Crippen MR) is 67.1 cm³/mol. The molecule has 1 heterocycles. The summed E-state index contributed by atoms with van der Waals surface area (Å²) in [7, 11) is 1.62. The Morgan fingerprint density at radius 3 is 2.61 bits per heavy atom. The molecule has 0 aromatic carbocycles. The van der Waals surface area contributed by atoms with Crippen molar-refractivity contribution in [2.24, 2.45) is 7.05 Å². The van der Waals surface area contributed by atoms with Crippen molar-refractivity contribution in [3.05, 3.63) is 16.8 Å². The second kappa shape index (κ2) is 5.84. The van der Waals surface area contributed by atoms with Gasteiger partial charge in [0.2, 0.25) is 5.91 Å². The zero-order chi connectivity index (χ0) is 13.0. The molecule has 0 atom stereocenters. The summed E-state index contributed by atoms with van der Waals surface area (Å²) >= 11 is 0. The number of nitrogens with zero attached hydrogens (tertiary/aromatic N) is 3. The van der Waals surface area contributed by atoms with Crippen molar-refractivity contribution in [3.8, 4) is 0 Å². The molecule has 6 nitrogen and oxygen atoms in total. The van der Waals surface area contributed by atoms with Crippen LogP contribution >= 0.6 is 0 Å². The molecule has 1 amide bonds. The highest BCUT2D eigenvalue weighted by atomic mass is 16.2. The predicted octanol–water partition coefficient (Wildman–Crippen LogP) is 0.421. The normalized spacial score (nSPS) is 17.4. The highest BCUT2D eigenvalue weighted by molar-refractivity contribution is 5.75. The number of carbonyl (C=O) groups excluding carboxylic acids is 1. The lowest BCUT2D eigenvalue weighted by molar-refractivity contribution is -0.122. The topological polar surface area (TPSA) is 68.9 Å². The van der Waals surface area contributed by atoms with Crippen molar-refractivity contribution in [2.45, 2.75) is 51.1 Å². The summed E-state index contributed by atoms with van der Waals surface area (Å²) in [5.41, 5.74) is -0.258. The van der Waals surface area contributed by atoms with Crippen molar-refractivity contribution >= 4 is 5.91 Å². The number of amides is 1. The average Bonchev–Trinajstić information content (AvgIpc) is 2.60. The number of carbonyl (C=O) groups is 1. The maximum atomic E-state index is 11.8. The van der Waals surface area contributed by atoms with Gasteiger partial charge in [0.15, 0.2) is 0 Å². The minimum atomic E-state index is -0.258. The zero-order valence-electron chi connectivity index (χ0n) is 10.8. The summed E-state index contributed by atoms with van der Waals surface area (Å²) in [5, 5.41) is 6.87. The van der Waals surface area contributed by atoms with E-state index in [1.165, 1.54) is 41.3 Å². The highest BCUT2D eigenvalue weighted by Crippen LogP contribution is 2.16. The maximum absolute atomic E-state index is 11.8. The van der Waals surface area contributed by atoms with Gasteiger partial charge < -0.3 is 5.32 Å². The minimum absolute atomic E-state index is 0.0101.